The second-order valence-electron chi connectivity index (χ2n) is 6.24. The molecule has 0 aliphatic carbocycles. The lowest BCUT2D eigenvalue weighted by molar-refractivity contribution is 0.203. The van der Waals surface area contributed by atoms with Crippen molar-refractivity contribution in [3.63, 3.8) is 0 Å². The van der Waals surface area contributed by atoms with Crippen molar-refractivity contribution >= 4 is 11.5 Å². The molecule has 3 aromatic rings. The van der Waals surface area contributed by atoms with Crippen molar-refractivity contribution in [3.05, 3.63) is 46.7 Å². The molecule has 7 heteroatoms. The highest BCUT2D eigenvalue weighted by Crippen LogP contribution is 2.28. The van der Waals surface area contributed by atoms with Crippen molar-refractivity contribution in [1.29, 1.82) is 0 Å². The van der Waals surface area contributed by atoms with Crippen LogP contribution in [0.4, 0.5) is 0 Å². The molecule has 0 atom stereocenters. The van der Waals surface area contributed by atoms with Gasteiger partial charge in [-0.05, 0) is 44.4 Å². The summed E-state index contributed by atoms with van der Waals surface area (Å²) in [5.74, 6) is 2.27. The molecule has 2 aromatic heterocycles. The van der Waals surface area contributed by atoms with Crippen LogP contribution in [0.15, 0.2) is 30.3 Å². The van der Waals surface area contributed by atoms with E-state index < -0.39 is 0 Å². The van der Waals surface area contributed by atoms with Crippen molar-refractivity contribution in [2.45, 2.75) is 32.2 Å². The van der Waals surface area contributed by atoms with Crippen molar-refractivity contribution < 1.29 is 0 Å². The highest BCUT2D eigenvalue weighted by molar-refractivity contribution is 7.05. The lowest BCUT2D eigenvalue weighted by atomic mass is 9.96. The third-order valence-electron chi connectivity index (χ3n) is 4.62. The van der Waals surface area contributed by atoms with E-state index in [9.17, 15) is 0 Å². The van der Waals surface area contributed by atoms with E-state index in [-0.39, 0.29) is 0 Å². The van der Waals surface area contributed by atoms with Crippen LogP contribution in [0.5, 0.6) is 0 Å². The molecule has 1 saturated heterocycles. The first-order chi connectivity index (χ1) is 11.8. The van der Waals surface area contributed by atoms with Gasteiger partial charge in [-0.15, -0.1) is 5.10 Å². The molecule has 0 spiro atoms. The van der Waals surface area contributed by atoms with Gasteiger partial charge in [-0.3, -0.25) is 10.00 Å². The van der Waals surface area contributed by atoms with E-state index in [2.05, 4.69) is 24.7 Å². The number of aryl methyl sites for hydroxylation is 1. The van der Waals surface area contributed by atoms with Crippen LogP contribution in [0.1, 0.15) is 35.2 Å². The van der Waals surface area contributed by atoms with E-state index in [1.165, 1.54) is 16.4 Å². The van der Waals surface area contributed by atoms with Crippen LogP contribution in [-0.2, 0) is 6.54 Å². The van der Waals surface area contributed by atoms with Crippen molar-refractivity contribution in [2.75, 3.05) is 13.1 Å². The van der Waals surface area contributed by atoms with E-state index in [1.807, 2.05) is 37.3 Å². The van der Waals surface area contributed by atoms with Crippen LogP contribution in [0, 0.1) is 6.92 Å². The second-order valence-corrected chi connectivity index (χ2v) is 7.08. The van der Waals surface area contributed by atoms with Crippen LogP contribution >= 0.6 is 11.5 Å². The lowest BCUT2D eigenvalue weighted by Gasteiger charge is -2.30. The third kappa shape index (κ3) is 3.22. The maximum absolute atomic E-state index is 4.72. The zero-order chi connectivity index (χ0) is 16.4. The van der Waals surface area contributed by atoms with Gasteiger partial charge in [0.2, 0.25) is 0 Å². The molecule has 0 unspecified atom stereocenters. The summed E-state index contributed by atoms with van der Waals surface area (Å²) >= 11 is 1.51. The minimum absolute atomic E-state index is 0.465. The average molecular weight is 340 g/mol. The minimum atomic E-state index is 0.465. The second kappa shape index (κ2) is 6.78. The Morgan fingerprint density at radius 3 is 2.71 bits per heavy atom. The maximum atomic E-state index is 4.72. The van der Waals surface area contributed by atoms with Gasteiger partial charge in [-0.25, -0.2) is 4.98 Å². The van der Waals surface area contributed by atoms with E-state index in [4.69, 9.17) is 4.98 Å². The Labute approximate surface area is 145 Å². The summed E-state index contributed by atoms with van der Waals surface area (Å²) in [5.41, 5.74) is 2.12. The number of hydrogen-bond acceptors (Lipinski definition) is 6. The number of rotatable bonds is 4. The fourth-order valence-corrected chi connectivity index (χ4v) is 3.81. The highest BCUT2D eigenvalue weighted by atomic mass is 32.1. The van der Waals surface area contributed by atoms with Crippen LogP contribution in [0.25, 0.3) is 11.4 Å². The van der Waals surface area contributed by atoms with Gasteiger partial charge in [-0.1, -0.05) is 34.8 Å². The lowest BCUT2D eigenvalue weighted by Crippen LogP contribution is -2.32. The normalized spacial score (nSPS) is 16.5. The van der Waals surface area contributed by atoms with Gasteiger partial charge in [-0.2, -0.15) is 5.10 Å². The molecule has 0 saturated carbocycles. The van der Waals surface area contributed by atoms with Crippen LogP contribution in [-0.4, -0.2) is 42.8 Å². The molecule has 1 aromatic carbocycles. The molecular weight excluding hydrogens is 320 g/mol. The molecule has 1 aliphatic rings. The minimum Gasteiger partial charge on any atom is -0.298 e. The fraction of sp³-hybridized carbons (Fsp3) is 0.412. The summed E-state index contributed by atoms with van der Waals surface area (Å²) in [6.07, 6.45) is 2.21. The van der Waals surface area contributed by atoms with Crippen molar-refractivity contribution in [1.82, 2.24) is 29.7 Å². The molecular formula is C17H20N6S. The Balaban J connectivity index is 1.38. The number of nitrogens with zero attached hydrogens (tertiary/aromatic N) is 5. The Morgan fingerprint density at radius 2 is 2.00 bits per heavy atom. The smallest absolute Gasteiger partial charge is 0.181 e. The number of aromatic nitrogens is 5. The number of H-pyrrole nitrogens is 1. The molecule has 6 nitrogen and oxygen atoms in total. The number of nitrogens with one attached hydrogen (secondary N) is 1. The van der Waals surface area contributed by atoms with E-state index >= 15 is 0 Å². The van der Waals surface area contributed by atoms with Gasteiger partial charge in [0.1, 0.15) is 5.82 Å². The Hall–Kier alpha value is -2.12. The zero-order valence-electron chi connectivity index (χ0n) is 13.6. The van der Waals surface area contributed by atoms with Gasteiger partial charge in [0.15, 0.2) is 5.82 Å². The Morgan fingerprint density at radius 1 is 1.21 bits per heavy atom. The van der Waals surface area contributed by atoms with Crippen molar-refractivity contribution in [2.24, 2.45) is 0 Å². The molecule has 0 bridgehead atoms. The molecule has 1 N–H and O–H groups in total. The van der Waals surface area contributed by atoms with Crippen LogP contribution in [0.3, 0.4) is 0 Å². The van der Waals surface area contributed by atoms with E-state index in [0.717, 1.165) is 55.4 Å². The zero-order valence-corrected chi connectivity index (χ0v) is 14.5. The first-order valence-electron chi connectivity index (χ1n) is 8.27. The fourth-order valence-electron chi connectivity index (χ4n) is 3.14. The molecule has 1 aliphatic heterocycles. The molecule has 1 fully saturated rings. The van der Waals surface area contributed by atoms with Crippen molar-refractivity contribution in [3.8, 4) is 11.4 Å². The summed E-state index contributed by atoms with van der Waals surface area (Å²) < 4.78 is 4.02. The predicted molar refractivity (Wildman–Crippen MR) is 93.7 cm³/mol. The standard InChI is InChI=1S/C17H20N6S/c1-12-15(24-22-19-12)11-23-9-7-14(8-10-23)17-18-16(20-21-17)13-5-3-2-4-6-13/h2-6,14H,7-11H2,1H3,(H,18,20,21). The maximum Gasteiger partial charge on any atom is 0.181 e. The quantitative estimate of drug-likeness (QED) is 0.790. The van der Waals surface area contributed by atoms with Gasteiger partial charge < -0.3 is 0 Å². The largest absolute Gasteiger partial charge is 0.298 e. The number of piperidine rings is 1. The number of benzene rings is 1. The molecule has 124 valence electrons. The monoisotopic (exact) mass is 340 g/mol. The predicted octanol–water partition coefficient (Wildman–Crippen LogP) is 3.01. The Bertz CT molecular complexity index is 788. The topological polar surface area (TPSA) is 70.6 Å². The SMILES string of the molecule is Cc1nnsc1CN1CCC(c2nc(-c3ccccc3)n[nH]2)CC1. The number of aromatic amines is 1. The highest BCUT2D eigenvalue weighted by Gasteiger charge is 2.24. The summed E-state index contributed by atoms with van der Waals surface area (Å²) in [7, 11) is 0. The molecule has 4 rings (SSSR count). The van der Waals surface area contributed by atoms with Gasteiger partial charge in [0, 0.05) is 18.0 Å². The molecule has 24 heavy (non-hydrogen) atoms. The average Bonchev–Trinajstić information content (AvgIpc) is 3.26. The first-order valence-corrected chi connectivity index (χ1v) is 9.05. The Kier molecular flexibility index (Phi) is 4.36. The van der Waals surface area contributed by atoms with Gasteiger partial charge in [0.05, 0.1) is 10.6 Å². The molecule has 0 radical (unpaired) electrons. The first kappa shape index (κ1) is 15.4. The summed E-state index contributed by atoms with van der Waals surface area (Å²) in [6.45, 7) is 5.14. The summed E-state index contributed by atoms with van der Waals surface area (Å²) in [6, 6.07) is 10.1. The number of hydrogen-bond donors (Lipinski definition) is 1. The molecule has 0 amide bonds. The van der Waals surface area contributed by atoms with E-state index in [1.54, 1.807) is 0 Å². The van der Waals surface area contributed by atoms with Crippen LogP contribution < -0.4 is 0 Å². The number of likely N-dealkylation sites (tertiary alicyclic amines) is 1. The van der Waals surface area contributed by atoms with E-state index in [0.29, 0.717) is 5.92 Å². The van der Waals surface area contributed by atoms with Gasteiger partial charge >= 0.3 is 0 Å². The van der Waals surface area contributed by atoms with Gasteiger partial charge in [0.25, 0.3) is 0 Å². The van der Waals surface area contributed by atoms with Crippen LogP contribution in [0.2, 0.25) is 0 Å². The third-order valence-corrected chi connectivity index (χ3v) is 5.43. The summed E-state index contributed by atoms with van der Waals surface area (Å²) in [4.78, 5) is 8.47. The summed E-state index contributed by atoms with van der Waals surface area (Å²) in [5, 5.41) is 11.6. The molecule has 3 heterocycles.